The van der Waals surface area contributed by atoms with Crippen molar-refractivity contribution in [2.75, 3.05) is 13.1 Å². The Hall–Kier alpha value is -2.58. The Morgan fingerprint density at radius 3 is 2.52 bits per heavy atom. The van der Waals surface area contributed by atoms with E-state index in [1.165, 1.54) is 12.8 Å². The Balaban J connectivity index is 1.41. The standard InChI is InChI=1S/C19H22N4O4/c24-16-6-5-15(17(25)22-16)23-18(26)13-4-1-11(9-14(13)19(23)27)10-20-7-8-21-12-2-3-12/h1,4,9,12,15,20-21H,2-3,5-8,10H2,(H,22,24,25). The van der Waals surface area contributed by atoms with Gasteiger partial charge >= 0.3 is 0 Å². The minimum atomic E-state index is -0.926. The van der Waals surface area contributed by atoms with Crippen molar-refractivity contribution in [3.8, 4) is 0 Å². The number of amides is 4. The Kier molecular flexibility index (Phi) is 4.75. The monoisotopic (exact) mass is 370 g/mol. The Morgan fingerprint density at radius 2 is 1.78 bits per heavy atom. The maximum atomic E-state index is 12.8. The zero-order valence-electron chi connectivity index (χ0n) is 14.9. The van der Waals surface area contributed by atoms with Crippen LogP contribution in [0, 0.1) is 0 Å². The van der Waals surface area contributed by atoms with E-state index in [0.717, 1.165) is 23.6 Å². The third-order valence-electron chi connectivity index (χ3n) is 5.15. The van der Waals surface area contributed by atoms with Gasteiger partial charge in [-0.05, 0) is 37.0 Å². The number of fused-ring (bicyclic) bond motifs is 1. The smallest absolute Gasteiger partial charge is 0.262 e. The van der Waals surface area contributed by atoms with Gasteiger partial charge in [0.1, 0.15) is 6.04 Å². The van der Waals surface area contributed by atoms with Crippen LogP contribution in [0.25, 0.3) is 0 Å². The molecule has 1 atom stereocenters. The summed E-state index contributed by atoms with van der Waals surface area (Å²) in [4.78, 5) is 49.8. The summed E-state index contributed by atoms with van der Waals surface area (Å²) in [6, 6.07) is 4.92. The van der Waals surface area contributed by atoms with Gasteiger partial charge in [-0.15, -0.1) is 0 Å². The largest absolute Gasteiger partial charge is 0.313 e. The molecule has 4 rings (SSSR count). The van der Waals surface area contributed by atoms with Crippen LogP contribution in [0.15, 0.2) is 18.2 Å². The molecule has 1 saturated carbocycles. The number of nitrogens with one attached hydrogen (secondary N) is 3. The highest BCUT2D eigenvalue weighted by Crippen LogP contribution is 2.28. The van der Waals surface area contributed by atoms with Crippen molar-refractivity contribution in [3.05, 3.63) is 34.9 Å². The van der Waals surface area contributed by atoms with E-state index in [0.29, 0.717) is 23.7 Å². The van der Waals surface area contributed by atoms with Crippen molar-refractivity contribution in [2.24, 2.45) is 0 Å². The van der Waals surface area contributed by atoms with E-state index in [2.05, 4.69) is 16.0 Å². The number of imide groups is 2. The molecule has 0 spiro atoms. The van der Waals surface area contributed by atoms with Gasteiger partial charge in [-0.1, -0.05) is 6.07 Å². The van der Waals surface area contributed by atoms with E-state index >= 15 is 0 Å². The van der Waals surface area contributed by atoms with E-state index in [4.69, 9.17) is 0 Å². The molecule has 1 aromatic rings. The van der Waals surface area contributed by atoms with E-state index in [9.17, 15) is 19.2 Å². The highest BCUT2D eigenvalue weighted by molar-refractivity contribution is 6.23. The molecule has 0 aromatic heterocycles. The second-order valence-electron chi connectivity index (χ2n) is 7.23. The maximum absolute atomic E-state index is 12.8. The third kappa shape index (κ3) is 3.63. The molecule has 1 unspecified atom stereocenters. The predicted octanol–water partition coefficient (Wildman–Crippen LogP) is -0.0706. The lowest BCUT2D eigenvalue weighted by atomic mass is 10.0. The maximum Gasteiger partial charge on any atom is 0.262 e. The molecule has 0 bridgehead atoms. The van der Waals surface area contributed by atoms with Crippen LogP contribution in [0.1, 0.15) is 52.0 Å². The molecule has 4 amide bonds. The molecule has 8 heteroatoms. The van der Waals surface area contributed by atoms with E-state index in [1.807, 2.05) is 6.07 Å². The van der Waals surface area contributed by atoms with Gasteiger partial charge in [0.25, 0.3) is 11.8 Å². The summed E-state index contributed by atoms with van der Waals surface area (Å²) in [5, 5.41) is 8.93. The van der Waals surface area contributed by atoms with Crippen LogP contribution < -0.4 is 16.0 Å². The molecule has 3 aliphatic rings. The van der Waals surface area contributed by atoms with Gasteiger partial charge < -0.3 is 10.6 Å². The average molecular weight is 370 g/mol. The molecule has 1 aliphatic carbocycles. The van der Waals surface area contributed by atoms with Crippen LogP contribution in [0.2, 0.25) is 0 Å². The van der Waals surface area contributed by atoms with E-state index < -0.39 is 23.8 Å². The second-order valence-corrected chi connectivity index (χ2v) is 7.23. The summed E-state index contributed by atoms with van der Waals surface area (Å²) >= 11 is 0. The fraction of sp³-hybridized carbons (Fsp3) is 0.474. The fourth-order valence-electron chi connectivity index (χ4n) is 3.51. The summed E-state index contributed by atoms with van der Waals surface area (Å²) in [6.07, 6.45) is 2.79. The summed E-state index contributed by atoms with van der Waals surface area (Å²) in [7, 11) is 0. The first-order chi connectivity index (χ1) is 13.0. The Labute approximate surface area is 156 Å². The van der Waals surface area contributed by atoms with Gasteiger partial charge in [0.2, 0.25) is 11.8 Å². The molecule has 3 N–H and O–H groups in total. The average Bonchev–Trinajstić information content (AvgIpc) is 3.43. The van der Waals surface area contributed by atoms with Crippen LogP contribution in [-0.4, -0.2) is 53.7 Å². The molecule has 8 nitrogen and oxygen atoms in total. The molecule has 1 aromatic carbocycles. The molecule has 2 heterocycles. The topological polar surface area (TPSA) is 108 Å². The number of carbonyl (C=O) groups is 4. The Morgan fingerprint density at radius 1 is 1.00 bits per heavy atom. The minimum Gasteiger partial charge on any atom is -0.313 e. The molecule has 2 fully saturated rings. The summed E-state index contributed by atoms with van der Waals surface area (Å²) in [6.45, 7) is 2.32. The Bertz CT molecular complexity index is 818. The molecule has 142 valence electrons. The van der Waals surface area contributed by atoms with Crippen LogP contribution in [0.5, 0.6) is 0 Å². The normalized spacial score (nSPS) is 22.2. The number of piperidine rings is 1. The van der Waals surface area contributed by atoms with Crippen molar-refractivity contribution in [1.29, 1.82) is 0 Å². The van der Waals surface area contributed by atoms with E-state index in [1.54, 1.807) is 12.1 Å². The summed E-state index contributed by atoms with van der Waals surface area (Å²) in [5.74, 6) is -1.91. The lowest BCUT2D eigenvalue weighted by molar-refractivity contribution is -0.136. The number of hydrogen-bond donors (Lipinski definition) is 3. The van der Waals surface area contributed by atoms with Gasteiger partial charge in [0.15, 0.2) is 0 Å². The van der Waals surface area contributed by atoms with Crippen LogP contribution >= 0.6 is 0 Å². The second kappa shape index (κ2) is 7.21. The number of rotatable bonds is 7. The van der Waals surface area contributed by atoms with Gasteiger partial charge in [0.05, 0.1) is 11.1 Å². The number of benzene rings is 1. The minimum absolute atomic E-state index is 0.119. The first-order valence-electron chi connectivity index (χ1n) is 9.33. The lowest BCUT2D eigenvalue weighted by Crippen LogP contribution is -2.54. The zero-order chi connectivity index (χ0) is 19.0. The van der Waals surface area contributed by atoms with Crippen molar-refractivity contribution in [1.82, 2.24) is 20.9 Å². The van der Waals surface area contributed by atoms with Crippen molar-refractivity contribution in [2.45, 2.75) is 44.3 Å². The number of nitrogens with zero attached hydrogens (tertiary/aromatic N) is 1. The summed E-state index contributed by atoms with van der Waals surface area (Å²) < 4.78 is 0. The molecule has 2 aliphatic heterocycles. The first-order valence-corrected chi connectivity index (χ1v) is 9.33. The van der Waals surface area contributed by atoms with Crippen LogP contribution in [0.3, 0.4) is 0 Å². The van der Waals surface area contributed by atoms with Crippen LogP contribution in [0.4, 0.5) is 0 Å². The molecule has 27 heavy (non-hydrogen) atoms. The molecule has 1 saturated heterocycles. The number of hydrogen-bond acceptors (Lipinski definition) is 6. The fourth-order valence-corrected chi connectivity index (χ4v) is 3.51. The van der Waals surface area contributed by atoms with Gasteiger partial charge in [-0.25, -0.2) is 0 Å². The molecular weight excluding hydrogens is 348 g/mol. The van der Waals surface area contributed by atoms with Gasteiger partial charge in [-0.2, -0.15) is 0 Å². The van der Waals surface area contributed by atoms with Crippen molar-refractivity contribution >= 4 is 23.6 Å². The third-order valence-corrected chi connectivity index (χ3v) is 5.15. The highest BCUT2D eigenvalue weighted by atomic mass is 16.2. The van der Waals surface area contributed by atoms with Crippen molar-refractivity contribution < 1.29 is 19.2 Å². The first kappa shape index (κ1) is 17.8. The SMILES string of the molecule is O=C1CCC(N2C(=O)c3ccc(CNCCNC4CC4)cc3C2=O)C(=O)N1. The predicted molar refractivity (Wildman–Crippen MR) is 95.8 cm³/mol. The lowest BCUT2D eigenvalue weighted by Gasteiger charge is -2.27. The zero-order valence-corrected chi connectivity index (χ0v) is 14.9. The highest BCUT2D eigenvalue weighted by Gasteiger charge is 2.44. The van der Waals surface area contributed by atoms with Crippen LogP contribution in [-0.2, 0) is 16.1 Å². The quantitative estimate of drug-likeness (QED) is 0.458. The summed E-state index contributed by atoms with van der Waals surface area (Å²) in [5.41, 5.74) is 1.54. The van der Waals surface area contributed by atoms with Gasteiger partial charge in [0, 0.05) is 32.1 Å². The molecule has 0 radical (unpaired) electrons. The van der Waals surface area contributed by atoms with Crippen molar-refractivity contribution in [3.63, 3.8) is 0 Å². The molecular formula is C19H22N4O4. The van der Waals surface area contributed by atoms with E-state index in [-0.39, 0.29) is 18.7 Å². The number of carbonyl (C=O) groups excluding carboxylic acids is 4. The van der Waals surface area contributed by atoms with Gasteiger partial charge in [-0.3, -0.25) is 29.4 Å².